The fraction of sp³-hybridized carbons (Fsp3) is 0.542. The van der Waals surface area contributed by atoms with E-state index in [2.05, 4.69) is 101 Å². The second kappa shape index (κ2) is 24.8. The predicted molar refractivity (Wildman–Crippen MR) is 222 cm³/mol. The van der Waals surface area contributed by atoms with Gasteiger partial charge in [0.15, 0.2) is 0 Å². The largest absolute Gasteiger partial charge is 0.496 e. The standard InChI is InChI=1S/C48H70O2/c1-7-11-15-19-23-39-27-29-41(25-21-17-13-9-3)43(35-39)31-33-45-37-48(50-6)46(38-47(45)49-5)34-32-44-36-40(24-20-16-12-8-2)28-30-42(44)26-22-18-14-10-4/h27-38H,7-26H2,1-6H3/b33-31+,34-32+. The van der Waals surface area contributed by atoms with E-state index in [1.807, 2.05) is 0 Å². The molecule has 0 amide bonds. The van der Waals surface area contributed by atoms with Crippen LogP contribution in [0.4, 0.5) is 0 Å². The van der Waals surface area contributed by atoms with Crippen molar-refractivity contribution in [3.8, 4) is 11.5 Å². The first kappa shape index (κ1) is 41.2. The van der Waals surface area contributed by atoms with Gasteiger partial charge in [0, 0.05) is 11.1 Å². The summed E-state index contributed by atoms with van der Waals surface area (Å²) in [6, 6.07) is 18.6. The first-order valence-corrected chi connectivity index (χ1v) is 20.4. The Morgan fingerprint density at radius 2 is 0.720 bits per heavy atom. The molecule has 0 spiro atoms. The van der Waals surface area contributed by atoms with Gasteiger partial charge in [-0.3, -0.25) is 0 Å². The van der Waals surface area contributed by atoms with E-state index in [1.165, 1.54) is 136 Å². The second-order valence-electron chi connectivity index (χ2n) is 14.3. The van der Waals surface area contributed by atoms with Crippen molar-refractivity contribution in [3.63, 3.8) is 0 Å². The van der Waals surface area contributed by atoms with Gasteiger partial charge in [-0.15, -0.1) is 0 Å². The zero-order valence-corrected chi connectivity index (χ0v) is 32.9. The third-order valence-corrected chi connectivity index (χ3v) is 10.1. The number of unbranched alkanes of at least 4 members (excludes halogenated alkanes) is 12. The van der Waals surface area contributed by atoms with Crippen LogP contribution in [0.5, 0.6) is 11.5 Å². The molecule has 0 saturated carbocycles. The molecular formula is C48H70O2. The van der Waals surface area contributed by atoms with Crippen molar-refractivity contribution < 1.29 is 9.47 Å². The highest BCUT2D eigenvalue weighted by Crippen LogP contribution is 2.33. The van der Waals surface area contributed by atoms with E-state index in [-0.39, 0.29) is 0 Å². The highest BCUT2D eigenvalue weighted by atomic mass is 16.5. The highest BCUT2D eigenvalue weighted by molar-refractivity contribution is 5.80. The molecule has 50 heavy (non-hydrogen) atoms. The van der Waals surface area contributed by atoms with E-state index < -0.39 is 0 Å². The molecule has 0 saturated heterocycles. The van der Waals surface area contributed by atoms with Crippen LogP contribution in [-0.4, -0.2) is 14.2 Å². The van der Waals surface area contributed by atoms with Crippen LogP contribution in [0.1, 0.15) is 175 Å². The zero-order valence-electron chi connectivity index (χ0n) is 32.9. The van der Waals surface area contributed by atoms with Gasteiger partial charge in [-0.05, 0) is 96.9 Å². The summed E-state index contributed by atoms with van der Waals surface area (Å²) in [4.78, 5) is 0. The van der Waals surface area contributed by atoms with Gasteiger partial charge in [0.1, 0.15) is 11.5 Å². The lowest BCUT2D eigenvalue weighted by Crippen LogP contribution is -1.96. The third kappa shape index (κ3) is 14.5. The summed E-state index contributed by atoms with van der Waals surface area (Å²) in [5.74, 6) is 1.73. The number of ether oxygens (including phenoxy) is 2. The number of rotatable bonds is 26. The molecule has 3 rings (SSSR count). The summed E-state index contributed by atoms with van der Waals surface area (Å²) in [5, 5.41) is 0. The molecule has 0 aliphatic rings. The Morgan fingerprint density at radius 1 is 0.380 bits per heavy atom. The third-order valence-electron chi connectivity index (χ3n) is 10.1. The average Bonchev–Trinajstić information content (AvgIpc) is 3.14. The zero-order chi connectivity index (χ0) is 35.8. The summed E-state index contributed by atoms with van der Waals surface area (Å²) in [6.07, 6.45) is 34.1. The van der Waals surface area contributed by atoms with Crippen molar-refractivity contribution in [1.29, 1.82) is 0 Å². The fourth-order valence-corrected chi connectivity index (χ4v) is 6.93. The molecule has 0 fully saturated rings. The van der Waals surface area contributed by atoms with E-state index in [9.17, 15) is 0 Å². The molecule has 0 aliphatic heterocycles. The molecule has 3 aromatic rings. The molecule has 3 aromatic carbocycles. The summed E-state index contributed by atoms with van der Waals surface area (Å²) in [6.45, 7) is 9.13. The maximum absolute atomic E-state index is 5.99. The van der Waals surface area contributed by atoms with E-state index in [4.69, 9.17) is 9.47 Å². The average molecular weight is 679 g/mol. The van der Waals surface area contributed by atoms with E-state index in [0.717, 1.165) is 48.3 Å². The number of benzene rings is 3. The molecule has 2 heteroatoms. The Hall–Kier alpha value is -3.26. The van der Waals surface area contributed by atoms with Crippen molar-refractivity contribution in [2.75, 3.05) is 14.2 Å². The monoisotopic (exact) mass is 679 g/mol. The molecule has 0 aliphatic carbocycles. The Morgan fingerprint density at radius 3 is 1.06 bits per heavy atom. The van der Waals surface area contributed by atoms with Crippen molar-refractivity contribution in [1.82, 2.24) is 0 Å². The topological polar surface area (TPSA) is 18.5 Å². The van der Waals surface area contributed by atoms with Crippen LogP contribution in [0, 0.1) is 0 Å². The van der Waals surface area contributed by atoms with Gasteiger partial charge >= 0.3 is 0 Å². The van der Waals surface area contributed by atoms with Crippen LogP contribution >= 0.6 is 0 Å². The van der Waals surface area contributed by atoms with Crippen molar-refractivity contribution in [3.05, 3.63) is 93.0 Å². The van der Waals surface area contributed by atoms with Gasteiger partial charge in [-0.2, -0.15) is 0 Å². The molecule has 0 atom stereocenters. The van der Waals surface area contributed by atoms with Crippen LogP contribution in [0.15, 0.2) is 48.5 Å². The maximum atomic E-state index is 5.99. The van der Waals surface area contributed by atoms with Gasteiger partial charge in [-0.1, -0.05) is 165 Å². The predicted octanol–water partition coefficient (Wildman–Crippen LogP) is 14.5. The molecule has 0 radical (unpaired) electrons. The minimum Gasteiger partial charge on any atom is -0.496 e. The van der Waals surface area contributed by atoms with Crippen LogP contribution in [0.3, 0.4) is 0 Å². The maximum Gasteiger partial charge on any atom is 0.126 e. The Balaban J connectivity index is 1.90. The molecule has 0 unspecified atom stereocenters. The first-order valence-electron chi connectivity index (χ1n) is 20.4. The second-order valence-corrected chi connectivity index (χ2v) is 14.3. The van der Waals surface area contributed by atoms with Crippen molar-refractivity contribution in [2.45, 2.75) is 156 Å². The minimum atomic E-state index is 0.867. The van der Waals surface area contributed by atoms with Gasteiger partial charge in [-0.25, -0.2) is 0 Å². The molecule has 0 aromatic heterocycles. The van der Waals surface area contributed by atoms with E-state index in [0.29, 0.717) is 0 Å². The smallest absolute Gasteiger partial charge is 0.126 e. The van der Waals surface area contributed by atoms with Crippen molar-refractivity contribution in [2.24, 2.45) is 0 Å². The Labute approximate surface area is 307 Å². The lowest BCUT2D eigenvalue weighted by atomic mass is 9.95. The lowest BCUT2D eigenvalue weighted by Gasteiger charge is -2.13. The summed E-state index contributed by atoms with van der Waals surface area (Å²) in [7, 11) is 3.55. The first-order chi connectivity index (χ1) is 24.6. The van der Waals surface area contributed by atoms with Crippen LogP contribution in [0.2, 0.25) is 0 Å². The molecular weight excluding hydrogens is 609 g/mol. The van der Waals surface area contributed by atoms with Gasteiger partial charge in [0.25, 0.3) is 0 Å². The minimum absolute atomic E-state index is 0.867. The van der Waals surface area contributed by atoms with Gasteiger partial charge in [0.2, 0.25) is 0 Å². The highest BCUT2D eigenvalue weighted by Gasteiger charge is 2.10. The summed E-state index contributed by atoms with van der Waals surface area (Å²) < 4.78 is 12.0. The fourth-order valence-electron chi connectivity index (χ4n) is 6.93. The normalized spacial score (nSPS) is 11.6. The molecule has 0 N–H and O–H groups in total. The Kier molecular flexibility index (Phi) is 20.4. The summed E-state index contributed by atoms with van der Waals surface area (Å²) in [5.41, 5.74) is 10.5. The number of hydrogen-bond donors (Lipinski definition) is 0. The van der Waals surface area contributed by atoms with Crippen LogP contribution in [-0.2, 0) is 25.7 Å². The molecule has 0 bridgehead atoms. The van der Waals surface area contributed by atoms with Gasteiger partial charge in [0.05, 0.1) is 14.2 Å². The van der Waals surface area contributed by atoms with Crippen LogP contribution < -0.4 is 9.47 Å². The molecule has 274 valence electrons. The number of hydrogen-bond acceptors (Lipinski definition) is 2. The Bertz CT molecular complexity index is 1320. The van der Waals surface area contributed by atoms with Gasteiger partial charge < -0.3 is 9.47 Å². The van der Waals surface area contributed by atoms with Crippen molar-refractivity contribution >= 4 is 24.3 Å². The molecule has 2 nitrogen and oxygen atoms in total. The molecule has 0 heterocycles. The quantitative estimate of drug-likeness (QED) is 0.0621. The van der Waals surface area contributed by atoms with E-state index in [1.54, 1.807) is 14.2 Å². The number of methoxy groups -OCH3 is 2. The summed E-state index contributed by atoms with van der Waals surface area (Å²) >= 11 is 0. The van der Waals surface area contributed by atoms with Crippen LogP contribution in [0.25, 0.3) is 24.3 Å². The lowest BCUT2D eigenvalue weighted by molar-refractivity contribution is 0.401. The number of aryl methyl sites for hydroxylation is 4. The van der Waals surface area contributed by atoms with E-state index >= 15 is 0 Å². The SMILES string of the molecule is CCCCCCc1ccc(CCCCCC)c(/C=C/c2cc(OC)c(/C=C/c3cc(CCCCCC)ccc3CCCCCC)cc2OC)c1.